The minimum absolute atomic E-state index is 0.219. The lowest BCUT2D eigenvalue weighted by molar-refractivity contribution is 0.628. The van der Waals surface area contributed by atoms with Gasteiger partial charge in [-0.25, -0.2) is 4.39 Å². The summed E-state index contributed by atoms with van der Waals surface area (Å²) >= 11 is 0. The molecule has 0 amide bonds. The van der Waals surface area contributed by atoms with Crippen LogP contribution < -0.4 is 0 Å². The number of aliphatic imine (C=N–C) groups is 1. The normalized spacial score (nSPS) is 11.5. The first-order valence-electron chi connectivity index (χ1n) is 5.68. The van der Waals surface area contributed by atoms with E-state index in [0.717, 1.165) is 23.4 Å². The van der Waals surface area contributed by atoms with Crippen molar-refractivity contribution in [2.45, 2.75) is 13.3 Å². The van der Waals surface area contributed by atoms with Gasteiger partial charge in [0.2, 0.25) is 0 Å². The highest BCUT2D eigenvalue weighted by molar-refractivity contribution is 6.01. The predicted molar refractivity (Wildman–Crippen MR) is 69.3 cm³/mol. The fraction of sp³-hybridized carbons (Fsp3) is 0.133. The molecule has 17 heavy (non-hydrogen) atoms. The molecule has 0 spiro atoms. The Hall–Kier alpha value is -1.96. The highest BCUT2D eigenvalue weighted by atomic mass is 19.1. The molecule has 0 saturated heterocycles. The lowest BCUT2D eigenvalue weighted by atomic mass is 10.1. The average Bonchev–Trinajstić information content (AvgIpc) is 2.38. The fourth-order valence-corrected chi connectivity index (χ4v) is 1.65. The molecule has 0 saturated carbocycles. The topological polar surface area (TPSA) is 12.4 Å². The predicted octanol–water partition coefficient (Wildman–Crippen LogP) is 4.36. The second-order valence-corrected chi connectivity index (χ2v) is 3.75. The van der Waals surface area contributed by atoms with Gasteiger partial charge in [-0.1, -0.05) is 37.3 Å². The van der Waals surface area contributed by atoms with Gasteiger partial charge in [-0.15, -0.1) is 0 Å². The molecule has 0 aliphatic rings. The van der Waals surface area contributed by atoms with Crippen LogP contribution in [0.25, 0.3) is 0 Å². The second-order valence-electron chi connectivity index (χ2n) is 3.75. The molecule has 0 fully saturated rings. The summed E-state index contributed by atoms with van der Waals surface area (Å²) in [5.74, 6) is -0.219. The standard InChI is InChI=1S/C15H14FN/c1-2-15(12-8-10-13(16)11-9-12)17-14-6-4-3-5-7-14/h3-11H,2H2,1H3. The van der Waals surface area contributed by atoms with E-state index in [1.54, 1.807) is 12.1 Å². The van der Waals surface area contributed by atoms with Gasteiger partial charge < -0.3 is 0 Å². The van der Waals surface area contributed by atoms with E-state index >= 15 is 0 Å². The quantitative estimate of drug-likeness (QED) is 0.691. The van der Waals surface area contributed by atoms with Gasteiger partial charge in [0.15, 0.2) is 0 Å². The van der Waals surface area contributed by atoms with Crippen LogP contribution in [0, 0.1) is 5.82 Å². The molecule has 1 nitrogen and oxygen atoms in total. The summed E-state index contributed by atoms with van der Waals surface area (Å²) in [7, 11) is 0. The molecule has 0 bridgehead atoms. The summed E-state index contributed by atoms with van der Waals surface area (Å²) in [6.45, 7) is 2.05. The Bertz CT molecular complexity index is 500. The van der Waals surface area contributed by atoms with Crippen LogP contribution in [0.1, 0.15) is 18.9 Å². The average molecular weight is 227 g/mol. The Morgan fingerprint density at radius 3 is 2.24 bits per heavy atom. The molecule has 2 aromatic carbocycles. The van der Waals surface area contributed by atoms with Gasteiger partial charge in [0, 0.05) is 5.71 Å². The van der Waals surface area contributed by atoms with Crippen LogP contribution in [-0.4, -0.2) is 5.71 Å². The first-order valence-corrected chi connectivity index (χ1v) is 5.68. The van der Waals surface area contributed by atoms with Crippen molar-refractivity contribution in [3.05, 3.63) is 66.0 Å². The number of hydrogen-bond donors (Lipinski definition) is 0. The minimum Gasteiger partial charge on any atom is -0.253 e. The third kappa shape index (κ3) is 3.00. The van der Waals surface area contributed by atoms with Gasteiger partial charge in [0.05, 0.1) is 5.69 Å². The monoisotopic (exact) mass is 227 g/mol. The van der Waals surface area contributed by atoms with E-state index in [9.17, 15) is 4.39 Å². The molecule has 0 atom stereocenters. The highest BCUT2D eigenvalue weighted by Crippen LogP contribution is 2.15. The second kappa shape index (κ2) is 5.39. The van der Waals surface area contributed by atoms with E-state index in [1.807, 2.05) is 37.3 Å². The molecular formula is C15H14FN. The molecule has 2 aromatic rings. The molecule has 0 heterocycles. The van der Waals surface area contributed by atoms with Gasteiger partial charge in [-0.3, -0.25) is 4.99 Å². The molecule has 0 radical (unpaired) electrons. The summed E-state index contributed by atoms with van der Waals surface area (Å²) in [4.78, 5) is 4.57. The van der Waals surface area contributed by atoms with Crippen molar-refractivity contribution in [1.82, 2.24) is 0 Å². The summed E-state index contributed by atoms with van der Waals surface area (Å²) in [5.41, 5.74) is 2.86. The lowest BCUT2D eigenvalue weighted by Gasteiger charge is -2.04. The van der Waals surface area contributed by atoms with Crippen molar-refractivity contribution in [2.24, 2.45) is 4.99 Å². The molecular weight excluding hydrogens is 213 g/mol. The molecule has 2 rings (SSSR count). The smallest absolute Gasteiger partial charge is 0.123 e. The maximum Gasteiger partial charge on any atom is 0.123 e. The third-order valence-corrected chi connectivity index (χ3v) is 2.53. The maximum absolute atomic E-state index is 12.8. The summed E-state index contributed by atoms with van der Waals surface area (Å²) < 4.78 is 12.8. The van der Waals surface area contributed by atoms with Crippen LogP contribution in [0.5, 0.6) is 0 Å². The number of halogens is 1. The van der Waals surface area contributed by atoms with E-state index in [-0.39, 0.29) is 5.82 Å². The molecule has 0 aromatic heterocycles. The van der Waals surface area contributed by atoms with Crippen LogP contribution in [0.4, 0.5) is 10.1 Å². The van der Waals surface area contributed by atoms with E-state index in [4.69, 9.17) is 0 Å². The van der Waals surface area contributed by atoms with E-state index in [0.29, 0.717) is 0 Å². The van der Waals surface area contributed by atoms with Crippen LogP contribution >= 0.6 is 0 Å². The number of para-hydroxylation sites is 1. The summed E-state index contributed by atoms with van der Waals surface area (Å²) in [5, 5.41) is 0. The van der Waals surface area contributed by atoms with Crippen LogP contribution in [0.2, 0.25) is 0 Å². The van der Waals surface area contributed by atoms with Crippen LogP contribution in [0.3, 0.4) is 0 Å². The Kier molecular flexibility index (Phi) is 3.66. The van der Waals surface area contributed by atoms with Crippen molar-refractivity contribution in [3.63, 3.8) is 0 Å². The van der Waals surface area contributed by atoms with Gasteiger partial charge in [0.25, 0.3) is 0 Å². The maximum atomic E-state index is 12.8. The van der Waals surface area contributed by atoms with Gasteiger partial charge in [0.1, 0.15) is 5.82 Å². The third-order valence-electron chi connectivity index (χ3n) is 2.53. The number of rotatable bonds is 3. The zero-order valence-electron chi connectivity index (χ0n) is 9.73. The van der Waals surface area contributed by atoms with Crippen molar-refractivity contribution in [3.8, 4) is 0 Å². The number of nitrogens with zero attached hydrogens (tertiary/aromatic N) is 1. The van der Waals surface area contributed by atoms with Gasteiger partial charge >= 0.3 is 0 Å². The number of benzene rings is 2. The first-order chi connectivity index (χ1) is 8.29. The van der Waals surface area contributed by atoms with Crippen molar-refractivity contribution in [2.75, 3.05) is 0 Å². The number of hydrogen-bond acceptors (Lipinski definition) is 1. The molecule has 0 aliphatic heterocycles. The molecule has 0 unspecified atom stereocenters. The lowest BCUT2D eigenvalue weighted by Crippen LogP contribution is -1.98. The Balaban J connectivity index is 2.34. The highest BCUT2D eigenvalue weighted by Gasteiger charge is 2.01. The molecule has 2 heteroatoms. The Morgan fingerprint density at radius 1 is 1.00 bits per heavy atom. The fourth-order valence-electron chi connectivity index (χ4n) is 1.65. The molecule has 86 valence electrons. The van der Waals surface area contributed by atoms with E-state index < -0.39 is 0 Å². The molecule has 0 aliphatic carbocycles. The summed E-state index contributed by atoms with van der Waals surface area (Å²) in [6, 6.07) is 16.2. The largest absolute Gasteiger partial charge is 0.253 e. The van der Waals surface area contributed by atoms with Crippen molar-refractivity contribution >= 4 is 11.4 Å². The van der Waals surface area contributed by atoms with Crippen LogP contribution in [-0.2, 0) is 0 Å². The van der Waals surface area contributed by atoms with E-state index in [1.165, 1.54) is 12.1 Å². The zero-order valence-corrected chi connectivity index (χ0v) is 9.73. The SMILES string of the molecule is CCC(=Nc1ccccc1)c1ccc(F)cc1. The summed E-state index contributed by atoms with van der Waals surface area (Å²) in [6.07, 6.45) is 0.820. The van der Waals surface area contributed by atoms with Crippen molar-refractivity contribution in [1.29, 1.82) is 0 Å². The van der Waals surface area contributed by atoms with E-state index in [2.05, 4.69) is 4.99 Å². The Morgan fingerprint density at radius 2 is 1.65 bits per heavy atom. The minimum atomic E-state index is -0.219. The van der Waals surface area contributed by atoms with Gasteiger partial charge in [-0.2, -0.15) is 0 Å². The zero-order chi connectivity index (χ0) is 12.1. The van der Waals surface area contributed by atoms with Crippen LogP contribution in [0.15, 0.2) is 59.6 Å². The van der Waals surface area contributed by atoms with Gasteiger partial charge in [-0.05, 0) is 36.2 Å². The van der Waals surface area contributed by atoms with Crippen molar-refractivity contribution < 1.29 is 4.39 Å². The Labute approximate surface area is 101 Å². The molecule has 0 N–H and O–H groups in total. The first kappa shape index (κ1) is 11.5.